The Bertz CT molecular complexity index is 799. The minimum absolute atomic E-state index is 0.305. The quantitative estimate of drug-likeness (QED) is 0.836. The molecule has 0 bridgehead atoms. The molecule has 2 aliphatic rings. The molecule has 4 heterocycles. The highest BCUT2D eigenvalue weighted by molar-refractivity contribution is 5.70. The van der Waals surface area contributed by atoms with Gasteiger partial charge in [-0.3, -0.25) is 14.5 Å². The Morgan fingerprint density at radius 2 is 2.07 bits per heavy atom. The summed E-state index contributed by atoms with van der Waals surface area (Å²) in [7, 11) is 4.05. The summed E-state index contributed by atoms with van der Waals surface area (Å²) in [5.41, 5.74) is 0.682. The molecule has 2 aliphatic heterocycles. The molecule has 2 aromatic rings. The lowest BCUT2D eigenvalue weighted by Crippen LogP contribution is -2.47. The van der Waals surface area contributed by atoms with E-state index in [2.05, 4.69) is 37.3 Å². The third kappa shape index (κ3) is 3.73. The van der Waals surface area contributed by atoms with Crippen molar-refractivity contribution in [3.05, 3.63) is 35.9 Å². The lowest BCUT2D eigenvalue weighted by Gasteiger charge is -2.37. The van der Waals surface area contributed by atoms with Crippen LogP contribution in [0, 0.1) is 0 Å². The van der Waals surface area contributed by atoms with Crippen LogP contribution in [0.5, 0.6) is 0 Å². The van der Waals surface area contributed by atoms with Gasteiger partial charge in [0.1, 0.15) is 11.4 Å². The van der Waals surface area contributed by atoms with Crippen LogP contribution in [0.4, 0.5) is 10.7 Å². The number of ether oxygens (including phenoxy) is 1. The number of amides is 1. The van der Waals surface area contributed by atoms with E-state index in [9.17, 15) is 4.79 Å². The van der Waals surface area contributed by atoms with Gasteiger partial charge in [0, 0.05) is 45.7 Å². The second-order valence-electron chi connectivity index (χ2n) is 7.38. The first-order valence-electron chi connectivity index (χ1n) is 9.23. The number of hydrogen-bond acceptors (Lipinski definition) is 7. The van der Waals surface area contributed by atoms with E-state index in [-0.39, 0.29) is 11.7 Å². The highest BCUT2D eigenvalue weighted by Gasteiger charge is 2.43. The predicted octanol–water partition coefficient (Wildman–Crippen LogP) is 0.921. The normalized spacial score (nSPS) is 18.8. The molecule has 2 saturated heterocycles. The van der Waals surface area contributed by atoms with E-state index in [4.69, 9.17) is 4.74 Å². The predicted molar refractivity (Wildman–Crippen MR) is 99.1 cm³/mol. The molecular weight excluding hydrogens is 346 g/mol. The van der Waals surface area contributed by atoms with Crippen LogP contribution in [-0.4, -0.2) is 63.0 Å². The molecule has 144 valence electrons. The first-order chi connectivity index (χ1) is 13.0. The summed E-state index contributed by atoms with van der Waals surface area (Å²) in [6, 6.07) is 5.94. The topological polar surface area (TPSA) is 88.4 Å². The van der Waals surface area contributed by atoms with Gasteiger partial charge in [0.25, 0.3) is 0 Å². The summed E-state index contributed by atoms with van der Waals surface area (Å²) in [5.74, 6) is 1.78. The Balaban J connectivity index is 1.37. The minimum Gasteiger partial charge on any atom is -0.441 e. The van der Waals surface area contributed by atoms with Crippen molar-refractivity contribution in [3.8, 4) is 0 Å². The van der Waals surface area contributed by atoms with Crippen LogP contribution in [0.2, 0.25) is 0 Å². The van der Waals surface area contributed by atoms with Crippen LogP contribution in [0.1, 0.15) is 24.4 Å². The Hall–Kier alpha value is -2.68. The molecule has 1 N–H and O–H groups in total. The molecule has 1 amide bonds. The fourth-order valence-electron chi connectivity index (χ4n) is 3.73. The molecule has 9 heteroatoms. The van der Waals surface area contributed by atoms with Crippen LogP contribution in [0.3, 0.4) is 0 Å². The zero-order chi connectivity index (χ0) is 18.9. The van der Waals surface area contributed by atoms with Crippen LogP contribution >= 0.6 is 0 Å². The van der Waals surface area contributed by atoms with Crippen molar-refractivity contribution in [2.45, 2.75) is 31.5 Å². The largest absolute Gasteiger partial charge is 0.441 e. The summed E-state index contributed by atoms with van der Waals surface area (Å²) in [6.07, 6.45) is 3.10. The number of alkyl carbamates (subject to hydrolysis) is 1. The third-order valence-electron chi connectivity index (χ3n) is 5.33. The second kappa shape index (κ2) is 7.15. The number of nitrogens with zero attached hydrogens (tertiary/aromatic N) is 6. The Morgan fingerprint density at radius 3 is 2.74 bits per heavy atom. The van der Waals surface area contributed by atoms with E-state index in [1.54, 1.807) is 0 Å². The number of piperidine rings is 1. The molecule has 0 radical (unpaired) electrons. The van der Waals surface area contributed by atoms with E-state index in [0.29, 0.717) is 13.1 Å². The van der Waals surface area contributed by atoms with Gasteiger partial charge >= 0.3 is 6.09 Å². The number of anilines is 1. The van der Waals surface area contributed by atoms with Gasteiger partial charge in [-0.2, -0.15) is 0 Å². The summed E-state index contributed by atoms with van der Waals surface area (Å²) in [6.45, 7) is 3.64. The smallest absolute Gasteiger partial charge is 0.407 e. The van der Waals surface area contributed by atoms with E-state index < -0.39 is 0 Å². The number of aromatic nitrogens is 4. The molecule has 4 rings (SSSR count). The molecule has 0 unspecified atom stereocenters. The van der Waals surface area contributed by atoms with Gasteiger partial charge < -0.3 is 15.0 Å². The summed E-state index contributed by atoms with van der Waals surface area (Å²) in [4.78, 5) is 20.1. The van der Waals surface area contributed by atoms with Gasteiger partial charge in [0.2, 0.25) is 5.95 Å². The first kappa shape index (κ1) is 17.7. The van der Waals surface area contributed by atoms with Gasteiger partial charge in [-0.15, -0.1) is 10.2 Å². The summed E-state index contributed by atoms with van der Waals surface area (Å²) in [5, 5.41) is 11.6. The van der Waals surface area contributed by atoms with Crippen LogP contribution < -0.4 is 10.2 Å². The number of carbonyl (C=O) groups is 1. The van der Waals surface area contributed by atoms with Gasteiger partial charge in [0.15, 0.2) is 0 Å². The number of nitrogens with one attached hydrogen (secondary N) is 1. The van der Waals surface area contributed by atoms with Gasteiger partial charge in [0.05, 0.1) is 18.8 Å². The van der Waals surface area contributed by atoms with E-state index >= 15 is 0 Å². The maximum Gasteiger partial charge on any atom is 0.407 e. The fraction of sp³-hybridized carbons (Fsp3) is 0.556. The van der Waals surface area contributed by atoms with Crippen LogP contribution in [-0.2, 0) is 24.9 Å². The molecule has 1 spiro atoms. The lowest BCUT2D eigenvalue weighted by molar-refractivity contribution is 0.0364. The maximum absolute atomic E-state index is 11.4. The highest BCUT2D eigenvalue weighted by Crippen LogP contribution is 2.31. The lowest BCUT2D eigenvalue weighted by atomic mass is 9.92. The second-order valence-corrected chi connectivity index (χ2v) is 7.38. The average Bonchev–Trinajstić information content (AvgIpc) is 3.20. The Labute approximate surface area is 158 Å². The van der Waals surface area contributed by atoms with Crippen molar-refractivity contribution in [2.75, 3.05) is 31.6 Å². The van der Waals surface area contributed by atoms with Gasteiger partial charge in [-0.1, -0.05) is 6.07 Å². The molecule has 27 heavy (non-hydrogen) atoms. The number of carbonyl (C=O) groups excluding carboxylic acids is 1. The van der Waals surface area contributed by atoms with Gasteiger partial charge in [-0.25, -0.2) is 4.79 Å². The number of rotatable bonds is 5. The van der Waals surface area contributed by atoms with Crippen molar-refractivity contribution < 1.29 is 9.53 Å². The Kier molecular flexibility index (Phi) is 4.69. The number of pyridine rings is 1. The minimum atomic E-state index is -0.349. The number of hydrogen-bond donors (Lipinski definition) is 1. The van der Waals surface area contributed by atoms with Crippen molar-refractivity contribution >= 4 is 12.0 Å². The van der Waals surface area contributed by atoms with Crippen molar-refractivity contribution in [1.82, 2.24) is 30.0 Å². The Morgan fingerprint density at radius 1 is 1.26 bits per heavy atom. The maximum atomic E-state index is 11.4. The summed E-state index contributed by atoms with van der Waals surface area (Å²) < 4.78 is 7.53. The van der Waals surface area contributed by atoms with Crippen LogP contribution in [0.15, 0.2) is 24.4 Å². The molecule has 0 atom stereocenters. The molecule has 0 aliphatic carbocycles. The molecular formula is C18H25N7O2. The summed E-state index contributed by atoms with van der Waals surface area (Å²) >= 11 is 0. The molecule has 2 fully saturated rings. The van der Waals surface area contributed by atoms with Crippen molar-refractivity contribution in [2.24, 2.45) is 7.05 Å². The van der Waals surface area contributed by atoms with Crippen molar-refractivity contribution in [3.63, 3.8) is 0 Å². The molecule has 2 aromatic heterocycles. The van der Waals surface area contributed by atoms with E-state index in [0.717, 1.165) is 49.9 Å². The van der Waals surface area contributed by atoms with E-state index in [1.165, 1.54) is 0 Å². The van der Waals surface area contributed by atoms with Gasteiger partial charge in [-0.05, 0) is 19.2 Å². The fourth-order valence-corrected chi connectivity index (χ4v) is 3.73. The zero-order valence-corrected chi connectivity index (χ0v) is 15.8. The standard InChI is InChI=1S/C18H25N7O2/c1-23(11-14-5-3-4-8-19-14)12-15-21-22-16(24(15)2)25-9-6-18(7-10-25)13-20-17(26)27-18/h3-5,8H,6-7,9-13H2,1-2H3,(H,20,26). The molecule has 9 nitrogen and oxygen atoms in total. The average molecular weight is 371 g/mol. The molecule has 0 aromatic carbocycles. The van der Waals surface area contributed by atoms with Crippen LogP contribution in [0.25, 0.3) is 0 Å². The van der Waals surface area contributed by atoms with Crippen molar-refractivity contribution in [1.29, 1.82) is 0 Å². The first-order valence-corrected chi connectivity index (χ1v) is 9.23. The SMILES string of the molecule is CN(Cc1ccccn1)Cc1nnc(N2CCC3(CC2)CNC(=O)O3)n1C. The highest BCUT2D eigenvalue weighted by atomic mass is 16.6. The monoisotopic (exact) mass is 371 g/mol. The van der Waals surface area contributed by atoms with E-state index in [1.807, 2.05) is 36.0 Å². The molecule has 0 saturated carbocycles. The zero-order valence-electron chi connectivity index (χ0n) is 15.8. The third-order valence-corrected chi connectivity index (χ3v) is 5.33.